The van der Waals surface area contributed by atoms with Gasteiger partial charge in [0.2, 0.25) is 0 Å². The molecule has 0 aliphatic heterocycles. The molecule has 1 saturated carbocycles. The number of amides is 1. The SMILES string of the molecule is O=C(NCC1(Cc2ccccc2)CCCCC1)c1cncc(=O)[nH]1. The van der Waals surface area contributed by atoms with Crippen molar-refractivity contribution in [3.05, 3.63) is 64.3 Å². The Hall–Kier alpha value is -2.43. The number of rotatable bonds is 5. The highest BCUT2D eigenvalue weighted by Gasteiger charge is 2.32. The maximum atomic E-state index is 12.3. The van der Waals surface area contributed by atoms with E-state index in [0.29, 0.717) is 6.54 Å². The molecular weight excluding hydrogens is 302 g/mol. The maximum Gasteiger partial charge on any atom is 0.269 e. The summed E-state index contributed by atoms with van der Waals surface area (Å²) in [6.45, 7) is 0.623. The molecule has 0 saturated heterocycles. The van der Waals surface area contributed by atoms with Crippen LogP contribution in [-0.4, -0.2) is 22.4 Å². The minimum Gasteiger partial charge on any atom is -0.350 e. The van der Waals surface area contributed by atoms with Gasteiger partial charge in [-0.1, -0.05) is 49.6 Å². The van der Waals surface area contributed by atoms with Gasteiger partial charge in [0, 0.05) is 6.54 Å². The van der Waals surface area contributed by atoms with Crippen LogP contribution in [0.5, 0.6) is 0 Å². The number of aromatic amines is 1. The number of nitrogens with one attached hydrogen (secondary N) is 2. The van der Waals surface area contributed by atoms with E-state index < -0.39 is 0 Å². The molecule has 0 radical (unpaired) electrons. The van der Waals surface area contributed by atoms with Gasteiger partial charge in [0.1, 0.15) is 5.69 Å². The van der Waals surface area contributed by atoms with Gasteiger partial charge in [-0.2, -0.15) is 0 Å². The Labute approximate surface area is 141 Å². The third-order valence-corrected chi connectivity index (χ3v) is 4.86. The van der Waals surface area contributed by atoms with Gasteiger partial charge in [-0.3, -0.25) is 14.6 Å². The summed E-state index contributed by atoms with van der Waals surface area (Å²) in [5.41, 5.74) is 1.26. The molecular formula is C19H23N3O2. The van der Waals surface area contributed by atoms with Crippen LogP contribution < -0.4 is 10.9 Å². The fraction of sp³-hybridized carbons (Fsp3) is 0.421. The zero-order valence-corrected chi connectivity index (χ0v) is 13.8. The second kappa shape index (κ2) is 7.43. The molecule has 1 amide bonds. The standard InChI is InChI=1S/C19H23N3O2/c23-17-13-20-12-16(22-17)18(24)21-14-19(9-5-2-6-10-19)11-15-7-3-1-4-8-15/h1,3-4,7-8,12-13H,2,5-6,9-11,14H2,(H,21,24)(H,22,23). The first kappa shape index (κ1) is 16.4. The zero-order chi connectivity index (χ0) is 16.8. The molecule has 2 N–H and O–H groups in total. The van der Waals surface area contributed by atoms with Crippen molar-refractivity contribution in [2.24, 2.45) is 5.41 Å². The van der Waals surface area contributed by atoms with Gasteiger partial charge in [-0.25, -0.2) is 0 Å². The molecule has 1 aliphatic rings. The first-order valence-electron chi connectivity index (χ1n) is 8.53. The fourth-order valence-corrected chi connectivity index (χ4v) is 3.60. The highest BCUT2D eigenvalue weighted by Crippen LogP contribution is 2.38. The predicted molar refractivity (Wildman–Crippen MR) is 92.9 cm³/mol. The minimum atomic E-state index is -0.362. The molecule has 0 bridgehead atoms. The first-order valence-corrected chi connectivity index (χ1v) is 8.53. The molecule has 2 aromatic rings. The van der Waals surface area contributed by atoms with Crippen molar-refractivity contribution >= 4 is 5.91 Å². The van der Waals surface area contributed by atoms with Crippen LogP contribution in [0.1, 0.15) is 48.2 Å². The summed E-state index contributed by atoms with van der Waals surface area (Å²) in [6.07, 6.45) is 9.42. The van der Waals surface area contributed by atoms with E-state index in [2.05, 4.69) is 39.6 Å². The Morgan fingerprint density at radius 1 is 1.12 bits per heavy atom. The summed E-state index contributed by atoms with van der Waals surface area (Å²) >= 11 is 0. The van der Waals surface area contributed by atoms with Crippen molar-refractivity contribution in [1.29, 1.82) is 0 Å². The number of carbonyl (C=O) groups is 1. The van der Waals surface area contributed by atoms with Crippen LogP contribution >= 0.6 is 0 Å². The molecule has 1 aromatic carbocycles. The van der Waals surface area contributed by atoms with Gasteiger partial charge in [0.15, 0.2) is 0 Å². The van der Waals surface area contributed by atoms with Crippen LogP contribution in [0.2, 0.25) is 0 Å². The maximum absolute atomic E-state index is 12.3. The molecule has 1 aromatic heterocycles. The van der Waals surface area contributed by atoms with E-state index in [9.17, 15) is 9.59 Å². The highest BCUT2D eigenvalue weighted by atomic mass is 16.2. The van der Waals surface area contributed by atoms with Gasteiger partial charge in [-0.15, -0.1) is 0 Å². The number of carbonyl (C=O) groups excluding carboxylic acids is 1. The Kier molecular flexibility index (Phi) is 5.08. The molecule has 0 atom stereocenters. The van der Waals surface area contributed by atoms with Crippen molar-refractivity contribution in [1.82, 2.24) is 15.3 Å². The Morgan fingerprint density at radius 3 is 2.58 bits per heavy atom. The largest absolute Gasteiger partial charge is 0.350 e. The summed E-state index contributed by atoms with van der Waals surface area (Å²) in [6, 6.07) is 10.4. The zero-order valence-electron chi connectivity index (χ0n) is 13.8. The van der Waals surface area contributed by atoms with Gasteiger partial charge >= 0.3 is 0 Å². The number of H-pyrrole nitrogens is 1. The fourth-order valence-electron chi connectivity index (χ4n) is 3.60. The monoisotopic (exact) mass is 325 g/mol. The van der Waals surface area contributed by atoms with E-state index in [1.165, 1.54) is 31.0 Å². The molecule has 5 heteroatoms. The molecule has 126 valence electrons. The van der Waals surface area contributed by atoms with Gasteiger partial charge in [-0.05, 0) is 30.2 Å². The van der Waals surface area contributed by atoms with Gasteiger partial charge in [0.25, 0.3) is 11.5 Å². The summed E-state index contributed by atoms with van der Waals surface area (Å²) in [7, 11) is 0. The number of hydrogen-bond acceptors (Lipinski definition) is 3. The average Bonchev–Trinajstić information content (AvgIpc) is 2.61. The predicted octanol–water partition coefficient (Wildman–Crippen LogP) is 2.69. The summed E-state index contributed by atoms with van der Waals surface area (Å²) < 4.78 is 0. The van der Waals surface area contributed by atoms with Crippen molar-refractivity contribution in [3.63, 3.8) is 0 Å². The van der Waals surface area contributed by atoms with E-state index in [4.69, 9.17) is 0 Å². The van der Waals surface area contributed by atoms with Crippen molar-refractivity contribution in [2.75, 3.05) is 6.54 Å². The quantitative estimate of drug-likeness (QED) is 0.887. The van der Waals surface area contributed by atoms with Gasteiger partial charge < -0.3 is 10.3 Å². The van der Waals surface area contributed by atoms with Crippen LogP contribution in [0.3, 0.4) is 0 Å². The van der Waals surface area contributed by atoms with Crippen LogP contribution in [0.15, 0.2) is 47.5 Å². The summed E-state index contributed by atoms with van der Waals surface area (Å²) in [4.78, 5) is 29.9. The van der Waals surface area contributed by atoms with Crippen LogP contribution in [0.25, 0.3) is 0 Å². The molecule has 1 aliphatic carbocycles. The normalized spacial score (nSPS) is 16.5. The molecule has 0 spiro atoms. The molecule has 24 heavy (non-hydrogen) atoms. The lowest BCUT2D eigenvalue weighted by Crippen LogP contribution is -2.41. The molecule has 0 unspecified atom stereocenters. The van der Waals surface area contributed by atoms with E-state index in [-0.39, 0.29) is 22.6 Å². The highest BCUT2D eigenvalue weighted by molar-refractivity contribution is 5.91. The third-order valence-electron chi connectivity index (χ3n) is 4.86. The lowest BCUT2D eigenvalue weighted by atomic mass is 9.70. The molecule has 3 rings (SSSR count). The summed E-state index contributed by atoms with van der Waals surface area (Å²) in [5.74, 6) is -0.266. The molecule has 5 nitrogen and oxygen atoms in total. The smallest absolute Gasteiger partial charge is 0.269 e. The van der Waals surface area contributed by atoms with Crippen molar-refractivity contribution < 1.29 is 4.79 Å². The summed E-state index contributed by atoms with van der Waals surface area (Å²) in [5, 5.41) is 3.01. The Bertz CT molecular complexity index is 734. The Morgan fingerprint density at radius 2 is 1.88 bits per heavy atom. The van der Waals surface area contributed by atoms with Crippen LogP contribution in [0, 0.1) is 5.41 Å². The number of benzene rings is 1. The minimum absolute atomic E-state index is 0.0950. The third kappa shape index (κ3) is 4.10. The number of nitrogens with zero attached hydrogens (tertiary/aromatic N) is 1. The topological polar surface area (TPSA) is 74.8 Å². The number of aromatic nitrogens is 2. The second-order valence-electron chi connectivity index (χ2n) is 6.72. The van der Waals surface area contributed by atoms with E-state index in [1.807, 2.05) is 6.07 Å². The first-order chi connectivity index (χ1) is 11.7. The van der Waals surface area contributed by atoms with E-state index in [1.54, 1.807) is 0 Å². The van der Waals surface area contributed by atoms with E-state index in [0.717, 1.165) is 25.5 Å². The van der Waals surface area contributed by atoms with Crippen molar-refractivity contribution in [2.45, 2.75) is 38.5 Å². The van der Waals surface area contributed by atoms with Crippen molar-refractivity contribution in [3.8, 4) is 0 Å². The second-order valence-corrected chi connectivity index (χ2v) is 6.72. The average molecular weight is 325 g/mol. The van der Waals surface area contributed by atoms with Crippen LogP contribution in [0.4, 0.5) is 0 Å². The molecule has 1 heterocycles. The lowest BCUT2D eigenvalue weighted by molar-refractivity contribution is 0.0902. The molecule has 1 fully saturated rings. The Balaban J connectivity index is 1.70. The van der Waals surface area contributed by atoms with Crippen LogP contribution in [-0.2, 0) is 6.42 Å². The van der Waals surface area contributed by atoms with E-state index >= 15 is 0 Å². The lowest BCUT2D eigenvalue weighted by Gasteiger charge is -2.37. The van der Waals surface area contributed by atoms with Gasteiger partial charge in [0.05, 0.1) is 12.4 Å². The number of hydrogen-bond donors (Lipinski definition) is 2.